The molecule has 2 aliphatic carbocycles. The van der Waals surface area contributed by atoms with Gasteiger partial charge < -0.3 is 9.84 Å². The number of nitrogens with zero attached hydrogens (tertiary/aromatic N) is 2. The maximum atomic E-state index is 12.9. The second-order valence-corrected chi connectivity index (χ2v) is 8.64. The van der Waals surface area contributed by atoms with Crippen molar-refractivity contribution >= 4 is 17.7 Å². The summed E-state index contributed by atoms with van der Waals surface area (Å²) in [4.78, 5) is 17.3. The summed E-state index contributed by atoms with van der Waals surface area (Å²) in [5.41, 5.74) is 1.51. The quantitative estimate of drug-likeness (QED) is 0.770. The molecule has 0 aromatic carbocycles. The standard InChI is InChI=1S/C20H25N3O2S/c1-12-8-16(23-25-12)11-26-20-17(4-3-7-21-20)19(24)22-13(2)18-10-14-5-6-15(18)9-14/h3-4,7-8,13-15,18H,5-6,9-11H2,1-2H3,(H,22,24). The zero-order valence-corrected chi connectivity index (χ0v) is 16.1. The lowest BCUT2D eigenvalue weighted by molar-refractivity contribution is 0.0911. The van der Waals surface area contributed by atoms with Gasteiger partial charge in [0.15, 0.2) is 0 Å². The van der Waals surface area contributed by atoms with E-state index >= 15 is 0 Å². The van der Waals surface area contributed by atoms with E-state index < -0.39 is 0 Å². The van der Waals surface area contributed by atoms with Crippen LogP contribution in [-0.4, -0.2) is 22.1 Å². The lowest BCUT2D eigenvalue weighted by atomic mass is 9.84. The van der Waals surface area contributed by atoms with Gasteiger partial charge in [-0.25, -0.2) is 4.98 Å². The van der Waals surface area contributed by atoms with E-state index in [1.807, 2.05) is 25.1 Å². The number of carbonyl (C=O) groups excluding carboxylic acids is 1. The first-order valence-corrected chi connectivity index (χ1v) is 10.4. The average Bonchev–Trinajstić information content (AvgIpc) is 3.37. The molecule has 2 aromatic heterocycles. The summed E-state index contributed by atoms with van der Waals surface area (Å²) in [6, 6.07) is 5.80. The van der Waals surface area contributed by atoms with Gasteiger partial charge in [-0.1, -0.05) is 23.3 Å². The molecule has 0 saturated heterocycles. The van der Waals surface area contributed by atoms with Crippen LogP contribution in [0, 0.1) is 24.7 Å². The van der Waals surface area contributed by atoms with Gasteiger partial charge in [-0.15, -0.1) is 0 Å². The third-order valence-electron chi connectivity index (χ3n) is 5.84. The van der Waals surface area contributed by atoms with Crippen LogP contribution in [0.1, 0.15) is 54.4 Å². The molecule has 4 unspecified atom stereocenters. The number of aryl methyl sites for hydroxylation is 1. The molecule has 0 radical (unpaired) electrons. The van der Waals surface area contributed by atoms with Crippen molar-refractivity contribution in [1.82, 2.24) is 15.5 Å². The van der Waals surface area contributed by atoms with Gasteiger partial charge in [0.05, 0.1) is 11.3 Å². The van der Waals surface area contributed by atoms with Crippen molar-refractivity contribution in [3.63, 3.8) is 0 Å². The summed E-state index contributed by atoms with van der Waals surface area (Å²) in [7, 11) is 0. The van der Waals surface area contributed by atoms with Gasteiger partial charge >= 0.3 is 0 Å². The number of thioether (sulfide) groups is 1. The lowest BCUT2D eigenvalue weighted by Crippen LogP contribution is -2.40. The van der Waals surface area contributed by atoms with E-state index in [1.54, 1.807) is 6.20 Å². The summed E-state index contributed by atoms with van der Waals surface area (Å²) >= 11 is 1.52. The molecule has 0 aliphatic heterocycles. The Hall–Kier alpha value is -1.82. The molecule has 1 amide bonds. The zero-order valence-electron chi connectivity index (χ0n) is 15.3. The first-order chi connectivity index (χ1) is 12.6. The molecule has 4 atom stereocenters. The molecule has 4 rings (SSSR count). The zero-order chi connectivity index (χ0) is 18.1. The van der Waals surface area contributed by atoms with Crippen LogP contribution < -0.4 is 5.32 Å². The maximum Gasteiger partial charge on any atom is 0.254 e. The van der Waals surface area contributed by atoms with Crippen LogP contribution >= 0.6 is 11.8 Å². The second-order valence-electron chi connectivity index (χ2n) is 7.67. The summed E-state index contributed by atoms with van der Waals surface area (Å²) in [5.74, 6) is 3.72. The highest BCUT2D eigenvalue weighted by atomic mass is 32.2. The molecule has 26 heavy (non-hydrogen) atoms. The van der Waals surface area contributed by atoms with Crippen molar-refractivity contribution in [3.8, 4) is 0 Å². The number of fused-ring (bicyclic) bond motifs is 2. The minimum atomic E-state index is -0.0211. The van der Waals surface area contributed by atoms with E-state index in [4.69, 9.17) is 4.52 Å². The fraction of sp³-hybridized carbons (Fsp3) is 0.550. The molecule has 5 nitrogen and oxygen atoms in total. The highest BCUT2D eigenvalue weighted by Crippen LogP contribution is 2.49. The largest absolute Gasteiger partial charge is 0.361 e. The van der Waals surface area contributed by atoms with E-state index in [1.165, 1.54) is 37.4 Å². The van der Waals surface area contributed by atoms with Gasteiger partial charge in [-0.2, -0.15) is 0 Å². The molecule has 2 bridgehead atoms. The molecule has 2 aromatic rings. The summed E-state index contributed by atoms with van der Waals surface area (Å²) < 4.78 is 5.10. The Balaban J connectivity index is 1.41. The second kappa shape index (κ2) is 7.43. The van der Waals surface area contributed by atoms with Crippen LogP contribution in [0.4, 0.5) is 0 Å². The fourth-order valence-electron chi connectivity index (χ4n) is 4.60. The molecular formula is C20H25N3O2S. The topological polar surface area (TPSA) is 68.0 Å². The average molecular weight is 372 g/mol. The Morgan fingerprint density at radius 1 is 1.42 bits per heavy atom. The number of pyridine rings is 1. The summed E-state index contributed by atoms with van der Waals surface area (Å²) in [5, 5.41) is 7.98. The summed E-state index contributed by atoms with van der Waals surface area (Å²) in [6.07, 6.45) is 7.07. The normalized spacial score (nSPS) is 25.4. The Morgan fingerprint density at radius 2 is 2.31 bits per heavy atom. The maximum absolute atomic E-state index is 12.9. The molecule has 2 aliphatic rings. The Morgan fingerprint density at radius 3 is 3.00 bits per heavy atom. The number of amides is 1. The van der Waals surface area contributed by atoms with E-state index in [2.05, 4.69) is 22.4 Å². The van der Waals surface area contributed by atoms with E-state index in [0.717, 1.165) is 28.3 Å². The van der Waals surface area contributed by atoms with Crippen molar-refractivity contribution in [2.45, 2.75) is 56.4 Å². The molecular weight excluding hydrogens is 346 g/mol. The van der Waals surface area contributed by atoms with Gasteiger partial charge in [-0.3, -0.25) is 4.79 Å². The van der Waals surface area contributed by atoms with E-state index in [-0.39, 0.29) is 11.9 Å². The molecule has 2 saturated carbocycles. The Kier molecular flexibility index (Phi) is 5.02. The first kappa shape index (κ1) is 17.6. The summed E-state index contributed by atoms with van der Waals surface area (Å²) in [6.45, 7) is 4.03. The van der Waals surface area contributed by atoms with Crippen LogP contribution in [0.2, 0.25) is 0 Å². The third-order valence-corrected chi connectivity index (χ3v) is 6.88. The minimum Gasteiger partial charge on any atom is -0.361 e. The molecule has 0 spiro atoms. The van der Waals surface area contributed by atoms with Crippen molar-refractivity contribution in [3.05, 3.63) is 41.4 Å². The van der Waals surface area contributed by atoms with Crippen molar-refractivity contribution in [2.75, 3.05) is 0 Å². The monoisotopic (exact) mass is 371 g/mol. The fourth-order valence-corrected chi connectivity index (χ4v) is 5.48. The predicted molar refractivity (Wildman–Crippen MR) is 101 cm³/mol. The number of nitrogens with one attached hydrogen (secondary N) is 1. The van der Waals surface area contributed by atoms with Gasteiger partial charge in [-0.05, 0) is 63.0 Å². The van der Waals surface area contributed by atoms with Crippen molar-refractivity contribution in [1.29, 1.82) is 0 Å². The van der Waals surface area contributed by atoms with Gasteiger partial charge in [0.25, 0.3) is 5.91 Å². The lowest BCUT2D eigenvalue weighted by Gasteiger charge is -2.28. The molecule has 1 N–H and O–H groups in total. The number of carbonyl (C=O) groups is 1. The van der Waals surface area contributed by atoms with E-state index in [9.17, 15) is 4.79 Å². The molecule has 2 fully saturated rings. The van der Waals surface area contributed by atoms with Gasteiger partial charge in [0, 0.05) is 24.1 Å². The van der Waals surface area contributed by atoms with Gasteiger partial charge in [0.2, 0.25) is 0 Å². The number of hydrogen-bond acceptors (Lipinski definition) is 5. The predicted octanol–water partition coefficient (Wildman–Crippen LogP) is 4.22. The smallest absolute Gasteiger partial charge is 0.254 e. The SMILES string of the molecule is Cc1cc(CSc2ncccc2C(=O)NC(C)C2CC3CCC2C3)no1. The molecule has 2 heterocycles. The number of rotatable bonds is 6. The van der Waals surface area contributed by atoms with Gasteiger partial charge in [0.1, 0.15) is 10.8 Å². The van der Waals surface area contributed by atoms with Crippen LogP contribution in [0.5, 0.6) is 0 Å². The third kappa shape index (κ3) is 3.65. The van der Waals surface area contributed by atoms with Crippen LogP contribution in [0.3, 0.4) is 0 Å². The van der Waals surface area contributed by atoms with Crippen molar-refractivity contribution < 1.29 is 9.32 Å². The highest BCUT2D eigenvalue weighted by Gasteiger charge is 2.42. The van der Waals surface area contributed by atoms with Crippen LogP contribution in [0.15, 0.2) is 33.9 Å². The number of aromatic nitrogens is 2. The molecule has 6 heteroatoms. The number of hydrogen-bond donors (Lipinski definition) is 1. The van der Waals surface area contributed by atoms with Crippen molar-refractivity contribution in [2.24, 2.45) is 17.8 Å². The Labute approximate surface area is 158 Å². The van der Waals surface area contributed by atoms with E-state index in [0.29, 0.717) is 17.2 Å². The highest BCUT2D eigenvalue weighted by molar-refractivity contribution is 7.98. The molecule has 138 valence electrons. The van der Waals surface area contributed by atoms with Crippen LogP contribution in [0.25, 0.3) is 0 Å². The minimum absolute atomic E-state index is 0.0211. The Bertz CT molecular complexity index is 791. The van der Waals surface area contributed by atoms with Crippen LogP contribution in [-0.2, 0) is 5.75 Å². The first-order valence-electron chi connectivity index (χ1n) is 9.41.